The molecule has 1 unspecified atom stereocenters. The molecule has 12 aromatic rings. The second-order valence-electron chi connectivity index (χ2n) is 29.9. The first-order valence-electron chi connectivity index (χ1n) is 39.4. The molecule has 1 saturated carbocycles. The van der Waals surface area contributed by atoms with E-state index in [2.05, 4.69) is 45.0 Å². The van der Waals surface area contributed by atoms with E-state index in [-0.39, 0.29) is 58.9 Å². The van der Waals surface area contributed by atoms with Crippen LogP contribution in [0.3, 0.4) is 0 Å². The molecule has 0 bridgehead atoms. The highest BCUT2D eigenvalue weighted by molar-refractivity contribution is 6.33. The number of carbonyl (C=O) groups excluding carboxylic acids is 3. The van der Waals surface area contributed by atoms with Crippen molar-refractivity contribution in [3.8, 4) is 103 Å². The topological polar surface area (TPSA) is 239 Å². The summed E-state index contributed by atoms with van der Waals surface area (Å²) in [6.07, 6.45) is 20.6. The molecule has 0 N–H and O–H groups in total. The van der Waals surface area contributed by atoms with Crippen LogP contribution in [0.2, 0.25) is 5.02 Å². The maximum absolute atomic E-state index is 14.6. The van der Waals surface area contributed by atoms with Gasteiger partial charge in [-0.05, 0) is 192 Å². The van der Waals surface area contributed by atoms with Gasteiger partial charge < -0.3 is 62.2 Å². The Morgan fingerprint density at radius 2 is 0.814 bits per heavy atom. The molecule has 610 valence electrons. The summed E-state index contributed by atoms with van der Waals surface area (Å²) in [6.45, 7) is 15.8. The van der Waals surface area contributed by atoms with E-state index < -0.39 is 11.6 Å². The van der Waals surface area contributed by atoms with Gasteiger partial charge in [0.15, 0.2) is 40.2 Å². The van der Waals surface area contributed by atoms with Crippen LogP contribution in [0.25, 0.3) is 66.5 Å². The van der Waals surface area contributed by atoms with E-state index in [0.29, 0.717) is 102 Å². The lowest BCUT2D eigenvalue weighted by Gasteiger charge is -2.58. The molecule has 17 rings (SSSR count). The fourth-order valence-electron chi connectivity index (χ4n) is 16.9. The number of nitrogens with zero attached hydrogens (tertiary/aromatic N) is 13. The monoisotopic (exact) mass is 1620 g/mol. The fourth-order valence-corrected chi connectivity index (χ4v) is 17.1. The van der Waals surface area contributed by atoms with Gasteiger partial charge in [-0.1, -0.05) is 43.0 Å². The number of likely N-dealkylation sites (tertiary alicyclic amines) is 4. The van der Waals surface area contributed by atoms with Crippen LogP contribution in [0.4, 0.5) is 8.78 Å². The Morgan fingerprint density at radius 1 is 0.466 bits per heavy atom. The van der Waals surface area contributed by atoms with Crippen LogP contribution in [-0.2, 0) is 14.4 Å². The SMILES string of the molecule is C=CC(=O)N1CCC[C@@H](n2nc(-c3ccc(Oc4cccc(OC)c4Cl)cc3)c3cncc(OC)c32)C1.C=CC(=O)N1CCC[C@@H](n2nc(-c3ccc(Oc4cccc(OC)c4F)cc3)c3cncc(OCC)c32)C1.COc1cccc(Oc2ccc(-c3nn(C4CCCN(C(=O)C5CC6(C5)CN(C)C6)C4)c4c(OC)cncc34)cc2)c1F. The number of halogens is 3. The lowest BCUT2D eigenvalue weighted by Crippen LogP contribution is -2.63. The number of hydrogen-bond donors (Lipinski definition) is 0. The number of hydrogen-bond acceptors (Lipinski definition) is 19. The van der Waals surface area contributed by atoms with Gasteiger partial charge in [0.05, 0.1) is 95.0 Å². The number of pyridine rings is 3. The van der Waals surface area contributed by atoms with Crippen LogP contribution < -0.4 is 42.6 Å². The fraction of sp³-hybridized carbons (Fsp3) is 0.322. The Morgan fingerprint density at radius 3 is 1.19 bits per heavy atom. The van der Waals surface area contributed by atoms with Crippen LogP contribution in [0, 0.1) is 23.0 Å². The van der Waals surface area contributed by atoms with Crippen molar-refractivity contribution >= 4 is 62.0 Å². The molecule has 6 aromatic heterocycles. The number of ether oxygens (including phenoxy) is 9. The molecule has 5 aliphatic rings. The molecule has 6 aromatic carbocycles. The number of piperidine rings is 3. The van der Waals surface area contributed by atoms with Gasteiger partial charge in [0.25, 0.3) is 0 Å². The van der Waals surface area contributed by atoms with E-state index in [1.807, 2.05) is 86.7 Å². The molecule has 118 heavy (non-hydrogen) atoms. The summed E-state index contributed by atoms with van der Waals surface area (Å²) >= 11 is 6.38. The Hall–Kier alpha value is -12.6. The van der Waals surface area contributed by atoms with Gasteiger partial charge in [-0.15, -0.1) is 0 Å². The maximum atomic E-state index is 14.6. The quantitative estimate of drug-likeness (QED) is 0.0573. The number of fused-ring (bicyclic) bond motifs is 3. The summed E-state index contributed by atoms with van der Waals surface area (Å²) in [5, 5.41) is 18.1. The van der Waals surface area contributed by atoms with Gasteiger partial charge in [-0.2, -0.15) is 24.1 Å². The average molecular weight is 1620 g/mol. The van der Waals surface area contributed by atoms with Crippen molar-refractivity contribution < 1.29 is 65.8 Å². The van der Waals surface area contributed by atoms with Gasteiger partial charge in [-0.25, -0.2) is 0 Å². The first-order valence-corrected chi connectivity index (χ1v) is 39.7. The highest BCUT2D eigenvalue weighted by Gasteiger charge is 2.54. The van der Waals surface area contributed by atoms with Crippen LogP contribution in [0.15, 0.2) is 190 Å². The zero-order valence-corrected chi connectivity index (χ0v) is 67.6. The molecule has 5 fully saturated rings. The van der Waals surface area contributed by atoms with E-state index in [9.17, 15) is 23.2 Å². The largest absolute Gasteiger partial charge is 0.495 e. The molecule has 4 aliphatic heterocycles. The number of amides is 3. The molecular weight excluding hydrogens is 1530 g/mol. The third kappa shape index (κ3) is 16.5. The molecule has 1 aliphatic carbocycles. The first kappa shape index (κ1) is 80.6. The van der Waals surface area contributed by atoms with Crippen molar-refractivity contribution in [2.75, 3.05) is 102 Å². The van der Waals surface area contributed by atoms with Crippen molar-refractivity contribution in [1.82, 2.24) is 63.9 Å². The highest BCUT2D eigenvalue weighted by Crippen LogP contribution is 2.53. The summed E-state index contributed by atoms with van der Waals surface area (Å²) in [7, 11) is 9.80. The Kier molecular flexibility index (Phi) is 24.2. The highest BCUT2D eigenvalue weighted by atomic mass is 35.5. The van der Waals surface area contributed by atoms with Crippen LogP contribution in [-0.4, -0.2) is 183 Å². The number of rotatable bonds is 22. The lowest BCUT2D eigenvalue weighted by atomic mass is 9.57. The number of benzene rings is 6. The van der Waals surface area contributed by atoms with Gasteiger partial charge in [0.2, 0.25) is 29.4 Å². The summed E-state index contributed by atoms with van der Waals surface area (Å²) < 4.78 is 85.4. The molecule has 3 atom stereocenters. The van der Waals surface area contributed by atoms with Crippen LogP contribution in [0.5, 0.6) is 69.0 Å². The first-order chi connectivity index (χ1) is 57.4. The third-order valence-electron chi connectivity index (χ3n) is 22.4. The van der Waals surface area contributed by atoms with Crippen LogP contribution in [0.1, 0.15) is 76.4 Å². The van der Waals surface area contributed by atoms with Crippen molar-refractivity contribution in [3.63, 3.8) is 0 Å². The summed E-state index contributed by atoms with van der Waals surface area (Å²) in [5.74, 6) is 4.14. The van der Waals surface area contributed by atoms with Gasteiger partial charge >= 0.3 is 0 Å². The van der Waals surface area contributed by atoms with Crippen molar-refractivity contribution in [3.05, 3.63) is 207 Å². The summed E-state index contributed by atoms with van der Waals surface area (Å²) in [4.78, 5) is 59.3. The van der Waals surface area contributed by atoms with Crippen molar-refractivity contribution in [2.45, 2.75) is 76.4 Å². The molecule has 3 amide bonds. The predicted octanol–water partition coefficient (Wildman–Crippen LogP) is 17.2. The molecular formula is C90H92ClF2N13O12. The standard InChI is InChI=1S/C33H36FN5O4.C29H29FN4O4.C28H27ClN4O4/c1-37-19-33(20-37)14-22(15-33)32(40)38-13-5-6-23(18-38)39-31-25(16-35-17-28(31)42-3)30(36-39)21-9-11-24(12-10-21)43-27-8-4-7-26(41-2)29(27)34;1-4-26(35)33-15-7-8-20(18-33)34-29-22(16-31-17-25(29)37-5-2)28(32-34)19-11-13-21(14-12-19)38-24-10-6-9-23(36-3)27(24)30;1-4-25(34)32-14-6-7-19(17-32)33-28-21(15-30-16-24(28)36-3)27(31-33)18-10-12-20(13-11-18)37-23-9-5-8-22(35-2)26(23)29/h4,7-12,16-17,22-23H,5-6,13-15,18-20H2,1-3H3;4,6,9-14,16-17,20H,1,5,7-8,15,18H2,2-3H3;4-5,8-13,15-16,19H,1,6-7,14,17H2,2-3H3/t;20-;19-/m.11/s1. The predicted molar refractivity (Wildman–Crippen MR) is 445 cm³/mol. The Bertz CT molecular complexity index is 5670. The zero-order chi connectivity index (χ0) is 82.3. The second-order valence-corrected chi connectivity index (χ2v) is 30.3. The Balaban J connectivity index is 0.000000139. The van der Waals surface area contributed by atoms with E-state index in [1.165, 1.54) is 32.4 Å². The van der Waals surface area contributed by atoms with Crippen molar-refractivity contribution in [2.24, 2.45) is 11.3 Å². The summed E-state index contributed by atoms with van der Waals surface area (Å²) in [5.41, 5.74) is 7.83. The normalized spacial score (nSPS) is 17.1. The van der Waals surface area contributed by atoms with Crippen molar-refractivity contribution in [1.29, 1.82) is 0 Å². The smallest absolute Gasteiger partial charge is 0.246 e. The lowest BCUT2D eigenvalue weighted by molar-refractivity contribution is -0.154. The summed E-state index contributed by atoms with van der Waals surface area (Å²) in [6, 6.07) is 37.2. The Labute approximate surface area is 686 Å². The van der Waals surface area contributed by atoms with E-state index >= 15 is 0 Å². The number of methoxy groups -OCH3 is 5. The molecule has 1 spiro atoms. The second kappa shape index (κ2) is 35.5. The maximum Gasteiger partial charge on any atom is 0.246 e. The zero-order valence-electron chi connectivity index (χ0n) is 66.8. The molecule has 25 nitrogen and oxygen atoms in total. The van der Waals surface area contributed by atoms with Crippen LogP contribution >= 0.6 is 11.6 Å². The average Bonchev–Trinajstić information content (AvgIpc) is 1.59. The number of carbonyl (C=O) groups is 3. The molecule has 28 heteroatoms. The van der Waals surface area contributed by atoms with Gasteiger partial charge in [0, 0.05) is 93.6 Å². The number of aromatic nitrogens is 9. The minimum atomic E-state index is -0.560. The van der Waals surface area contributed by atoms with E-state index in [0.717, 1.165) is 137 Å². The minimum absolute atomic E-state index is 0.00279. The van der Waals surface area contributed by atoms with Gasteiger partial charge in [0.1, 0.15) is 67.4 Å². The molecule has 10 heterocycles. The molecule has 4 saturated heterocycles. The minimum Gasteiger partial charge on any atom is -0.495 e. The van der Waals surface area contributed by atoms with Gasteiger partial charge in [-0.3, -0.25) is 43.4 Å². The van der Waals surface area contributed by atoms with E-state index in [1.54, 1.807) is 124 Å². The molecule has 0 radical (unpaired) electrons. The van der Waals surface area contributed by atoms with E-state index in [4.69, 9.17) is 69.5 Å². The third-order valence-corrected chi connectivity index (χ3v) is 22.8.